The van der Waals surface area contributed by atoms with Gasteiger partial charge in [-0.25, -0.2) is 0 Å². The van der Waals surface area contributed by atoms with E-state index in [-0.39, 0.29) is 0 Å². The van der Waals surface area contributed by atoms with Crippen molar-refractivity contribution in [2.75, 3.05) is 7.11 Å². The summed E-state index contributed by atoms with van der Waals surface area (Å²) in [6.07, 6.45) is 5.48. The highest BCUT2D eigenvalue weighted by atomic mass is 32.1. The van der Waals surface area contributed by atoms with Gasteiger partial charge in [0.2, 0.25) is 0 Å². The van der Waals surface area contributed by atoms with Crippen LogP contribution < -0.4 is 0 Å². The maximum atomic E-state index is 5.23. The minimum absolute atomic E-state index is 0.419. The summed E-state index contributed by atoms with van der Waals surface area (Å²) >= 11 is 4.41. The van der Waals surface area contributed by atoms with Gasteiger partial charge in [-0.2, -0.15) is 12.6 Å². The number of thiol groups is 1. The fraction of sp³-hybridized carbons (Fsp3) is 1.00. The normalized spacial score (nSPS) is 36.7. The molecule has 0 aliphatic heterocycles. The van der Waals surface area contributed by atoms with Crippen LogP contribution in [0.3, 0.4) is 0 Å². The Hall–Kier alpha value is 0.310. The van der Waals surface area contributed by atoms with E-state index in [9.17, 15) is 0 Å². The molecule has 0 spiro atoms. The van der Waals surface area contributed by atoms with E-state index in [1.54, 1.807) is 7.11 Å². The van der Waals surface area contributed by atoms with Crippen molar-refractivity contribution in [2.45, 2.75) is 37.0 Å². The smallest absolute Gasteiger partial charge is 0.0687 e. The Morgan fingerprint density at radius 2 is 2.00 bits per heavy atom. The van der Waals surface area contributed by atoms with Crippen LogP contribution in [-0.4, -0.2) is 18.5 Å². The van der Waals surface area contributed by atoms with Crippen LogP contribution in [0.5, 0.6) is 0 Å². The monoisotopic (exact) mass is 146 g/mol. The molecule has 1 rings (SSSR count). The maximum absolute atomic E-state index is 5.23. The van der Waals surface area contributed by atoms with Gasteiger partial charge < -0.3 is 4.74 Å². The highest BCUT2D eigenvalue weighted by Crippen LogP contribution is 2.24. The number of hydrogen-bond donors (Lipinski definition) is 1. The molecule has 0 radical (unpaired) electrons. The van der Waals surface area contributed by atoms with Crippen LogP contribution in [-0.2, 0) is 4.74 Å². The standard InChI is InChI=1S/C7H14OS/c1-8-6-4-2-3-5-7(6)9/h6-7,9H,2-5H2,1H3. The molecule has 54 valence electrons. The zero-order valence-electron chi connectivity index (χ0n) is 5.84. The third-order valence-electron chi connectivity index (χ3n) is 1.97. The number of methoxy groups -OCH3 is 1. The van der Waals surface area contributed by atoms with Gasteiger partial charge in [0.05, 0.1) is 6.10 Å². The van der Waals surface area contributed by atoms with Gasteiger partial charge in [-0.05, 0) is 12.8 Å². The molecular formula is C7H14OS. The van der Waals surface area contributed by atoms with Crippen molar-refractivity contribution in [1.82, 2.24) is 0 Å². The van der Waals surface area contributed by atoms with Crippen molar-refractivity contribution in [2.24, 2.45) is 0 Å². The van der Waals surface area contributed by atoms with Crippen molar-refractivity contribution >= 4 is 12.6 Å². The average molecular weight is 146 g/mol. The van der Waals surface area contributed by atoms with Crippen molar-refractivity contribution in [1.29, 1.82) is 0 Å². The Morgan fingerprint density at radius 3 is 2.44 bits per heavy atom. The zero-order chi connectivity index (χ0) is 6.69. The predicted molar refractivity (Wildman–Crippen MR) is 42.0 cm³/mol. The van der Waals surface area contributed by atoms with Crippen LogP contribution in [0.15, 0.2) is 0 Å². The summed E-state index contributed by atoms with van der Waals surface area (Å²) in [5.74, 6) is 0. The molecule has 1 nitrogen and oxygen atoms in total. The van der Waals surface area contributed by atoms with Crippen LogP contribution in [0.2, 0.25) is 0 Å². The summed E-state index contributed by atoms with van der Waals surface area (Å²) in [6, 6.07) is 0. The third-order valence-corrected chi connectivity index (χ3v) is 2.56. The van der Waals surface area contributed by atoms with Crippen LogP contribution in [0.1, 0.15) is 25.7 Å². The first kappa shape index (κ1) is 7.42. The molecule has 0 amide bonds. The molecule has 0 heterocycles. The quantitative estimate of drug-likeness (QED) is 0.556. The van der Waals surface area contributed by atoms with Gasteiger partial charge >= 0.3 is 0 Å². The second kappa shape index (κ2) is 3.47. The molecule has 9 heavy (non-hydrogen) atoms. The molecule has 0 bridgehead atoms. The molecule has 2 atom stereocenters. The van der Waals surface area contributed by atoms with Crippen molar-refractivity contribution in [3.8, 4) is 0 Å². The average Bonchev–Trinajstić information content (AvgIpc) is 1.89. The minimum Gasteiger partial charge on any atom is -0.380 e. The van der Waals surface area contributed by atoms with Crippen LogP contribution >= 0.6 is 12.6 Å². The molecule has 0 N–H and O–H groups in total. The molecule has 2 heteroatoms. The maximum Gasteiger partial charge on any atom is 0.0687 e. The SMILES string of the molecule is COC1CCCCC1S. The molecule has 2 unspecified atom stereocenters. The van der Waals surface area contributed by atoms with Gasteiger partial charge in [-0.1, -0.05) is 12.8 Å². The topological polar surface area (TPSA) is 9.23 Å². The predicted octanol–water partition coefficient (Wildman–Crippen LogP) is 1.87. The van der Waals surface area contributed by atoms with Crippen LogP contribution in [0.25, 0.3) is 0 Å². The molecule has 0 aromatic rings. The molecule has 0 aromatic heterocycles. The Labute approximate surface area is 62.2 Å². The largest absolute Gasteiger partial charge is 0.380 e. The number of rotatable bonds is 1. The van der Waals surface area contributed by atoms with Gasteiger partial charge in [0, 0.05) is 12.4 Å². The molecule has 1 fully saturated rings. The second-order valence-corrected chi connectivity index (χ2v) is 3.29. The molecule has 1 saturated carbocycles. The van der Waals surface area contributed by atoms with E-state index in [1.165, 1.54) is 25.7 Å². The molecule has 0 saturated heterocycles. The van der Waals surface area contributed by atoms with Gasteiger partial charge in [-0.15, -0.1) is 0 Å². The van der Waals surface area contributed by atoms with E-state index in [1.807, 2.05) is 0 Å². The van der Waals surface area contributed by atoms with Crippen molar-refractivity contribution < 1.29 is 4.74 Å². The second-order valence-electron chi connectivity index (χ2n) is 2.63. The van der Waals surface area contributed by atoms with Crippen molar-refractivity contribution in [3.05, 3.63) is 0 Å². The first-order valence-corrected chi connectivity index (χ1v) is 4.07. The summed E-state index contributed by atoms with van der Waals surface area (Å²) < 4.78 is 5.23. The fourth-order valence-corrected chi connectivity index (χ4v) is 1.81. The Kier molecular flexibility index (Phi) is 2.86. The molecule has 1 aliphatic carbocycles. The van der Waals surface area contributed by atoms with E-state index >= 15 is 0 Å². The van der Waals surface area contributed by atoms with Gasteiger partial charge in [0.1, 0.15) is 0 Å². The lowest BCUT2D eigenvalue weighted by molar-refractivity contribution is 0.0768. The van der Waals surface area contributed by atoms with Gasteiger partial charge in [0.15, 0.2) is 0 Å². The minimum atomic E-state index is 0.419. The number of ether oxygens (including phenoxy) is 1. The summed E-state index contributed by atoms with van der Waals surface area (Å²) in [5, 5.41) is 0.490. The van der Waals surface area contributed by atoms with E-state index in [0.717, 1.165) is 0 Å². The first-order valence-electron chi connectivity index (χ1n) is 3.55. The van der Waals surface area contributed by atoms with Crippen LogP contribution in [0, 0.1) is 0 Å². The molecule has 0 aromatic carbocycles. The Morgan fingerprint density at radius 1 is 1.33 bits per heavy atom. The van der Waals surface area contributed by atoms with E-state index in [0.29, 0.717) is 11.4 Å². The first-order chi connectivity index (χ1) is 4.34. The highest BCUT2D eigenvalue weighted by molar-refractivity contribution is 7.81. The van der Waals surface area contributed by atoms with E-state index in [4.69, 9.17) is 4.74 Å². The molecule has 1 aliphatic rings. The summed E-state index contributed by atoms with van der Waals surface area (Å²) in [5.41, 5.74) is 0. The lowest BCUT2D eigenvalue weighted by atomic mass is 9.97. The lowest BCUT2D eigenvalue weighted by Crippen LogP contribution is -2.26. The summed E-state index contributed by atoms with van der Waals surface area (Å²) in [7, 11) is 1.78. The van der Waals surface area contributed by atoms with E-state index < -0.39 is 0 Å². The van der Waals surface area contributed by atoms with Crippen LogP contribution in [0.4, 0.5) is 0 Å². The van der Waals surface area contributed by atoms with Gasteiger partial charge in [-0.3, -0.25) is 0 Å². The number of hydrogen-bond acceptors (Lipinski definition) is 2. The zero-order valence-corrected chi connectivity index (χ0v) is 6.73. The summed E-state index contributed by atoms with van der Waals surface area (Å²) in [6.45, 7) is 0. The third kappa shape index (κ3) is 1.87. The molecular weight excluding hydrogens is 132 g/mol. The fourth-order valence-electron chi connectivity index (χ4n) is 1.35. The lowest BCUT2D eigenvalue weighted by Gasteiger charge is -2.26. The Balaban J connectivity index is 2.30. The van der Waals surface area contributed by atoms with Gasteiger partial charge in [0.25, 0.3) is 0 Å². The Bertz CT molecular complexity index is 85.0. The van der Waals surface area contributed by atoms with E-state index in [2.05, 4.69) is 12.6 Å². The highest BCUT2D eigenvalue weighted by Gasteiger charge is 2.20. The van der Waals surface area contributed by atoms with Crippen molar-refractivity contribution in [3.63, 3.8) is 0 Å². The summed E-state index contributed by atoms with van der Waals surface area (Å²) in [4.78, 5) is 0.